The molecule has 35 heavy (non-hydrogen) atoms. The highest BCUT2D eigenvalue weighted by Gasteiger charge is 2.15. The number of hydrogen-bond donors (Lipinski definition) is 2. The highest BCUT2D eigenvalue weighted by molar-refractivity contribution is 5.96. The monoisotopic (exact) mass is 470 g/mol. The van der Waals surface area contributed by atoms with Gasteiger partial charge in [-0.2, -0.15) is 5.26 Å². The molecule has 2 N–H and O–H groups in total. The molecular weight excluding hydrogens is 440 g/mol. The number of anilines is 3. The SMILES string of the molecule is COc1cc(C#N)ccc1Oc1ccc(NC(C)C(=O)Nc2ccc(N3CCCCC3)cc2)cc1. The Morgan fingerprint density at radius 3 is 2.29 bits per heavy atom. The van der Waals surface area contributed by atoms with Crippen molar-refractivity contribution in [2.75, 3.05) is 35.7 Å². The van der Waals surface area contributed by atoms with Crippen molar-refractivity contribution in [1.82, 2.24) is 0 Å². The van der Waals surface area contributed by atoms with Gasteiger partial charge in [0.05, 0.1) is 18.7 Å². The molecule has 7 heteroatoms. The van der Waals surface area contributed by atoms with Gasteiger partial charge in [-0.3, -0.25) is 4.79 Å². The number of ether oxygens (including phenoxy) is 2. The van der Waals surface area contributed by atoms with E-state index in [1.807, 2.05) is 43.3 Å². The molecule has 3 aromatic carbocycles. The van der Waals surface area contributed by atoms with Gasteiger partial charge in [0.15, 0.2) is 11.5 Å². The fourth-order valence-electron chi connectivity index (χ4n) is 4.04. The standard InChI is InChI=1S/C28H30N4O3/c1-20(28(33)31-23-7-11-24(12-8-23)32-16-4-3-5-17-32)30-22-9-13-25(14-10-22)35-26-15-6-21(19-29)18-27(26)34-2/h6-15,18,20,30H,3-5,16-17H2,1-2H3,(H,31,33). The molecule has 1 saturated heterocycles. The van der Waals surface area contributed by atoms with Crippen LogP contribution in [0.15, 0.2) is 66.7 Å². The Balaban J connectivity index is 1.31. The normalized spacial score (nSPS) is 13.9. The highest BCUT2D eigenvalue weighted by Crippen LogP contribution is 2.32. The summed E-state index contributed by atoms with van der Waals surface area (Å²) in [5, 5.41) is 15.2. The van der Waals surface area contributed by atoms with Crippen molar-refractivity contribution in [3.05, 3.63) is 72.3 Å². The quantitative estimate of drug-likeness (QED) is 0.433. The first-order valence-electron chi connectivity index (χ1n) is 11.8. The molecule has 1 aliphatic rings. The second-order valence-electron chi connectivity index (χ2n) is 8.55. The minimum absolute atomic E-state index is 0.113. The molecule has 3 aromatic rings. The zero-order chi connectivity index (χ0) is 24.6. The van der Waals surface area contributed by atoms with Crippen LogP contribution in [0.5, 0.6) is 17.2 Å². The van der Waals surface area contributed by atoms with Crippen molar-refractivity contribution in [3.8, 4) is 23.3 Å². The van der Waals surface area contributed by atoms with Crippen LogP contribution >= 0.6 is 0 Å². The smallest absolute Gasteiger partial charge is 0.246 e. The molecule has 0 saturated carbocycles. The van der Waals surface area contributed by atoms with E-state index in [1.165, 1.54) is 32.1 Å². The van der Waals surface area contributed by atoms with Gasteiger partial charge in [0.1, 0.15) is 11.8 Å². The summed E-state index contributed by atoms with van der Waals surface area (Å²) >= 11 is 0. The van der Waals surface area contributed by atoms with Gasteiger partial charge < -0.3 is 25.0 Å². The van der Waals surface area contributed by atoms with Crippen molar-refractivity contribution < 1.29 is 14.3 Å². The summed E-state index contributed by atoms with van der Waals surface area (Å²) in [4.78, 5) is 15.1. The molecular formula is C28H30N4O3. The van der Waals surface area contributed by atoms with Gasteiger partial charge >= 0.3 is 0 Å². The molecule has 0 spiro atoms. The minimum atomic E-state index is -0.429. The molecule has 0 radical (unpaired) electrons. The number of nitrogens with one attached hydrogen (secondary N) is 2. The fraction of sp³-hybridized carbons (Fsp3) is 0.286. The van der Waals surface area contributed by atoms with Crippen LogP contribution < -0.4 is 25.0 Å². The molecule has 1 fully saturated rings. The number of rotatable bonds is 8. The highest BCUT2D eigenvalue weighted by atomic mass is 16.5. The van der Waals surface area contributed by atoms with E-state index < -0.39 is 6.04 Å². The van der Waals surface area contributed by atoms with E-state index in [2.05, 4.69) is 33.7 Å². The number of carbonyl (C=O) groups is 1. The van der Waals surface area contributed by atoms with Crippen LogP contribution in [-0.4, -0.2) is 32.1 Å². The first-order chi connectivity index (χ1) is 17.1. The summed E-state index contributed by atoms with van der Waals surface area (Å²) in [5.74, 6) is 1.51. The molecule has 1 unspecified atom stereocenters. The third-order valence-electron chi connectivity index (χ3n) is 6.01. The van der Waals surface area contributed by atoms with E-state index in [9.17, 15) is 4.79 Å². The molecule has 180 valence electrons. The summed E-state index contributed by atoms with van der Waals surface area (Å²) in [7, 11) is 1.53. The molecule has 0 aromatic heterocycles. The summed E-state index contributed by atoms with van der Waals surface area (Å²) in [6.07, 6.45) is 3.77. The van der Waals surface area contributed by atoms with E-state index in [0.717, 1.165) is 24.5 Å². The lowest BCUT2D eigenvalue weighted by atomic mass is 10.1. The van der Waals surface area contributed by atoms with E-state index in [1.54, 1.807) is 18.2 Å². The topological polar surface area (TPSA) is 86.6 Å². The molecule has 4 rings (SSSR count). The van der Waals surface area contributed by atoms with Gasteiger partial charge in [-0.05, 0) is 86.8 Å². The van der Waals surface area contributed by atoms with E-state index >= 15 is 0 Å². The van der Waals surface area contributed by atoms with Gasteiger partial charge in [-0.25, -0.2) is 0 Å². The number of carbonyl (C=O) groups excluding carboxylic acids is 1. The average molecular weight is 471 g/mol. The Morgan fingerprint density at radius 2 is 1.63 bits per heavy atom. The molecule has 7 nitrogen and oxygen atoms in total. The second kappa shape index (κ2) is 11.3. The summed E-state index contributed by atoms with van der Waals surface area (Å²) < 4.78 is 11.2. The van der Waals surface area contributed by atoms with Crippen molar-refractivity contribution in [1.29, 1.82) is 5.26 Å². The van der Waals surface area contributed by atoms with Crippen molar-refractivity contribution in [3.63, 3.8) is 0 Å². The van der Waals surface area contributed by atoms with E-state index in [4.69, 9.17) is 14.7 Å². The zero-order valence-electron chi connectivity index (χ0n) is 20.1. The predicted octanol–water partition coefficient (Wildman–Crippen LogP) is 5.79. The number of piperidine rings is 1. The second-order valence-corrected chi connectivity index (χ2v) is 8.55. The van der Waals surface area contributed by atoms with Gasteiger partial charge in [0.2, 0.25) is 5.91 Å². The van der Waals surface area contributed by atoms with Crippen molar-refractivity contribution in [2.45, 2.75) is 32.2 Å². The number of methoxy groups -OCH3 is 1. The lowest BCUT2D eigenvalue weighted by molar-refractivity contribution is -0.116. The van der Waals surface area contributed by atoms with E-state index in [-0.39, 0.29) is 5.91 Å². The Labute approximate surface area is 206 Å². The predicted molar refractivity (Wildman–Crippen MR) is 138 cm³/mol. The average Bonchev–Trinajstić information content (AvgIpc) is 2.91. The first kappa shape index (κ1) is 24.0. The minimum Gasteiger partial charge on any atom is -0.493 e. The molecule has 1 aliphatic heterocycles. The molecule has 1 heterocycles. The van der Waals surface area contributed by atoms with Crippen LogP contribution in [0.1, 0.15) is 31.7 Å². The van der Waals surface area contributed by atoms with Crippen LogP contribution in [0.2, 0.25) is 0 Å². The molecule has 0 aliphatic carbocycles. The van der Waals surface area contributed by atoms with Gasteiger partial charge in [-0.15, -0.1) is 0 Å². The molecule has 0 bridgehead atoms. The van der Waals surface area contributed by atoms with Gasteiger partial charge in [0.25, 0.3) is 0 Å². The van der Waals surface area contributed by atoms with Crippen molar-refractivity contribution >= 4 is 23.0 Å². The number of nitrogens with zero attached hydrogens (tertiary/aromatic N) is 2. The summed E-state index contributed by atoms with van der Waals surface area (Å²) in [6, 6.07) is 22.0. The fourth-order valence-corrected chi connectivity index (χ4v) is 4.04. The largest absolute Gasteiger partial charge is 0.493 e. The lowest BCUT2D eigenvalue weighted by Crippen LogP contribution is -2.32. The molecule has 1 atom stereocenters. The Morgan fingerprint density at radius 1 is 0.943 bits per heavy atom. The zero-order valence-corrected chi connectivity index (χ0v) is 20.1. The van der Waals surface area contributed by atoms with Gasteiger partial charge in [0, 0.05) is 36.2 Å². The number of nitriles is 1. The van der Waals surface area contributed by atoms with E-state index in [0.29, 0.717) is 22.8 Å². The number of benzene rings is 3. The number of amides is 1. The van der Waals surface area contributed by atoms with Crippen molar-refractivity contribution in [2.24, 2.45) is 0 Å². The Kier molecular flexibility index (Phi) is 7.74. The van der Waals surface area contributed by atoms with Crippen LogP contribution in [0.4, 0.5) is 17.1 Å². The van der Waals surface area contributed by atoms with Crippen LogP contribution in [-0.2, 0) is 4.79 Å². The molecule has 1 amide bonds. The van der Waals surface area contributed by atoms with Crippen LogP contribution in [0.3, 0.4) is 0 Å². The first-order valence-corrected chi connectivity index (χ1v) is 11.8. The maximum Gasteiger partial charge on any atom is 0.246 e. The number of hydrogen-bond acceptors (Lipinski definition) is 6. The maximum atomic E-state index is 12.7. The third kappa shape index (κ3) is 6.24. The van der Waals surface area contributed by atoms with Gasteiger partial charge in [-0.1, -0.05) is 0 Å². The Hall–Kier alpha value is -4.18. The maximum absolute atomic E-state index is 12.7. The summed E-state index contributed by atoms with van der Waals surface area (Å²) in [6.45, 7) is 4.01. The van der Waals surface area contributed by atoms with Crippen LogP contribution in [0, 0.1) is 11.3 Å². The lowest BCUT2D eigenvalue weighted by Gasteiger charge is -2.28. The summed E-state index contributed by atoms with van der Waals surface area (Å²) in [5.41, 5.74) is 3.28. The van der Waals surface area contributed by atoms with Crippen LogP contribution in [0.25, 0.3) is 0 Å². The Bertz CT molecular complexity index is 1180. The third-order valence-corrected chi connectivity index (χ3v) is 6.01.